The highest BCUT2D eigenvalue weighted by Gasteiger charge is 2.67. The topological polar surface area (TPSA) is 75.7 Å². The Morgan fingerprint density at radius 3 is 2.05 bits per heavy atom. The molecule has 3 aromatic carbocycles. The molecular weight excluding hydrogens is 500 g/mol. The molecule has 1 heterocycles. The number of carbonyl (C=O) groups is 3. The van der Waals surface area contributed by atoms with E-state index in [2.05, 4.69) is 23.5 Å². The molecule has 40 heavy (non-hydrogen) atoms. The molecule has 0 aromatic heterocycles. The summed E-state index contributed by atoms with van der Waals surface area (Å²) in [7, 11) is 0. The molecule has 202 valence electrons. The SMILES string of the molecule is Cc1cc(C)cc(Oc2ccc(NC(=O)[C@H](Cc3ccccc3)N3C(=O)[C@@H]4[C@H]5C=C[C@@H]([C@@H]6C[C@H]56)[C@H]4C3=O)cc2)c1. The number of benzene rings is 3. The maximum absolute atomic E-state index is 13.8. The molecule has 3 amide bonds. The number of nitrogens with zero attached hydrogens (tertiary/aromatic N) is 1. The van der Waals surface area contributed by atoms with E-state index in [9.17, 15) is 14.4 Å². The number of anilines is 1. The van der Waals surface area contributed by atoms with Gasteiger partial charge in [-0.25, -0.2) is 0 Å². The van der Waals surface area contributed by atoms with Crippen molar-refractivity contribution in [1.29, 1.82) is 0 Å². The molecule has 1 N–H and O–H groups in total. The first-order valence-electron chi connectivity index (χ1n) is 14.1. The van der Waals surface area contributed by atoms with Crippen LogP contribution in [-0.2, 0) is 20.8 Å². The summed E-state index contributed by atoms with van der Waals surface area (Å²) in [5.41, 5.74) is 3.72. The monoisotopic (exact) mass is 532 g/mol. The Morgan fingerprint density at radius 2 is 1.45 bits per heavy atom. The third-order valence-electron chi connectivity index (χ3n) is 9.14. The van der Waals surface area contributed by atoms with Crippen LogP contribution in [0.15, 0.2) is 84.9 Å². The van der Waals surface area contributed by atoms with Crippen molar-refractivity contribution in [2.75, 3.05) is 5.32 Å². The molecule has 3 aromatic rings. The molecule has 2 bridgehead atoms. The van der Waals surface area contributed by atoms with Gasteiger partial charge in [-0.05, 0) is 97.0 Å². The van der Waals surface area contributed by atoms with E-state index >= 15 is 0 Å². The zero-order chi connectivity index (χ0) is 27.5. The number of aryl methyl sites for hydroxylation is 2. The minimum absolute atomic E-state index is 0.117. The number of carbonyl (C=O) groups excluding carboxylic acids is 3. The molecule has 7 atom stereocenters. The van der Waals surface area contributed by atoms with Crippen LogP contribution in [0.2, 0.25) is 0 Å². The van der Waals surface area contributed by atoms with Crippen LogP contribution in [-0.4, -0.2) is 28.7 Å². The highest BCUT2D eigenvalue weighted by atomic mass is 16.5. The zero-order valence-electron chi connectivity index (χ0n) is 22.6. The molecule has 2 saturated carbocycles. The van der Waals surface area contributed by atoms with E-state index in [1.807, 2.05) is 56.3 Å². The van der Waals surface area contributed by atoms with Crippen LogP contribution in [0.25, 0.3) is 0 Å². The summed E-state index contributed by atoms with van der Waals surface area (Å²) in [5.74, 6) is 1.26. The number of imide groups is 1. The van der Waals surface area contributed by atoms with Crippen LogP contribution < -0.4 is 10.1 Å². The number of rotatable bonds is 7. The average Bonchev–Trinajstić information content (AvgIpc) is 3.72. The number of allylic oxidation sites excluding steroid dienone is 2. The number of hydrogen-bond acceptors (Lipinski definition) is 4. The standard InChI is InChI=1S/C34H32N2O4/c1-19-14-20(2)16-24(15-19)40-23-10-8-22(9-11-23)35-32(37)29(17-21-6-4-3-5-7-21)36-33(38)30-25-12-13-26(28-18-27(25)28)31(30)34(36)39/h3-16,25-31H,17-18H2,1-2H3,(H,35,37)/t25-,26-,27-,28+,29-,30+,31+/m0/s1. The molecule has 8 rings (SSSR count). The van der Waals surface area contributed by atoms with Crippen LogP contribution in [0, 0.1) is 49.4 Å². The average molecular weight is 533 g/mol. The van der Waals surface area contributed by atoms with Gasteiger partial charge < -0.3 is 10.1 Å². The number of likely N-dealkylation sites (tertiary alicyclic amines) is 1. The molecule has 0 unspecified atom stereocenters. The van der Waals surface area contributed by atoms with Crippen molar-refractivity contribution < 1.29 is 19.1 Å². The molecule has 6 nitrogen and oxygen atoms in total. The van der Waals surface area contributed by atoms with Gasteiger partial charge in [0, 0.05) is 12.1 Å². The lowest BCUT2D eigenvalue weighted by Gasteiger charge is -2.37. The quantitative estimate of drug-likeness (QED) is 0.313. The molecule has 4 aliphatic carbocycles. The summed E-state index contributed by atoms with van der Waals surface area (Å²) in [5, 5.41) is 2.97. The van der Waals surface area contributed by atoms with Crippen molar-refractivity contribution in [3.05, 3.63) is 102 Å². The van der Waals surface area contributed by atoms with Gasteiger partial charge in [0.15, 0.2) is 0 Å². The van der Waals surface area contributed by atoms with Crippen molar-refractivity contribution in [3.63, 3.8) is 0 Å². The summed E-state index contributed by atoms with van der Waals surface area (Å²) in [6.45, 7) is 4.05. The Morgan fingerprint density at radius 1 is 0.850 bits per heavy atom. The smallest absolute Gasteiger partial charge is 0.248 e. The van der Waals surface area contributed by atoms with Gasteiger partial charge in [0.05, 0.1) is 11.8 Å². The Bertz CT molecular complexity index is 1470. The summed E-state index contributed by atoms with van der Waals surface area (Å²) >= 11 is 0. The zero-order valence-corrected chi connectivity index (χ0v) is 22.6. The first-order chi connectivity index (χ1) is 19.4. The van der Waals surface area contributed by atoms with Gasteiger partial charge in [-0.3, -0.25) is 19.3 Å². The molecule has 1 aliphatic heterocycles. The fraction of sp³-hybridized carbons (Fsp3) is 0.324. The molecule has 6 heteroatoms. The van der Waals surface area contributed by atoms with Gasteiger partial charge in [0.1, 0.15) is 17.5 Å². The summed E-state index contributed by atoms with van der Waals surface area (Å²) in [6, 6.07) is 21.9. The van der Waals surface area contributed by atoms with E-state index in [1.165, 1.54) is 4.90 Å². The summed E-state index contributed by atoms with van der Waals surface area (Å²) in [6.07, 6.45) is 5.69. The van der Waals surface area contributed by atoms with Crippen LogP contribution >= 0.6 is 0 Å². The fourth-order valence-corrected chi connectivity index (χ4v) is 7.39. The van der Waals surface area contributed by atoms with Gasteiger partial charge in [-0.2, -0.15) is 0 Å². The van der Waals surface area contributed by atoms with Gasteiger partial charge in [-0.15, -0.1) is 0 Å². The Balaban J connectivity index is 1.12. The van der Waals surface area contributed by atoms with Gasteiger partial charge in [0.2, 0.25) is 17.7 Å². The molecule has 5 aliphatic rings. The minimum Gasteiger partial charge on any atom is -0.457 e. The van der Waals surface area contributed by atoms with Crippen molar-refractivity contribution in [1.82, 2.24) is 4.90 Å². The Hall–Kier alpha value is -4.19. The summed E-state index contributed by atoms with van der Waals surface area (Å²) < 4.78 is 6.01. The highest BCUT2D eigenvalue weighted by molar-refractivity contribution is 6.10. The predicted octanol–water partition coefficient (Wildman–Crippen LogP) is 5.70. The lowest BCUT2D eigenvalue weighted by atomic mass is 9.63. The van der Waals surface area contributed by atoms with Gasteiger partial charge in [-0.1, -0.05) is 48.6 Å². The maximum atomic E-state index is 13.8. The lowest BCUT2D eigenvalue weighted by molar-refractivity contribution is -0.146. The van der Waals surface area contributed by atoms with Crippen LogP contribution in [0.4, 0.5) is 5.69 Å². The fourth-order valence-electron chi connectivity index (χ4n) is 7.39. The summed E-state index contributed by atoms with van der Waals surface area (Å²) in [4.78, 5) is 42.8. The van der Waals surface area contributed by atoms with Gasteiger partial charge in [0.25, 0.3) is 0 Å². The van der Waals surface area contributed by atoms with Crippen molar-refractivity contribution in [3.8, 4) is 11.5 Å². The Kier molecular flexibility index (Phi) is 5.88. The molecular formula is C34H32N2O4. The van der Waals surface area contributed by atoms with Gasteiger partial charge >= 0.3 is 0 Å². The van der Waals surface area contributed by atoms with E-state index in [1.54, 1.807) is 24.3 Å². The third-order valence-corrected chi connectivity index (χ3v) is 9.14. The van der Waals surface area contributed by atoms with E-state index in [0.29, 0.717) is 23.3 Å². The third kappa shape index (κ3) is 4.23. The Labute approximate surface area is 234 Å². The minimum atomic E-state index is -0.921. The number of nitrogens with one attached hydrogen (secondary N) is 1. The number of ether oxygens (including phenoxy) is 1. The number of hydrogen-bond donors (Lipinski definition) is 1. The predicted molar refractivity (Wildman–Crippen MR) is 152 cm³/mol. The number of amides is 3. The van der Waals surface area contributed by atoms with E-state index in [-0.39, 0.29) is 47.8 Å². The molecule has 1 saturated heterocycles. The van der Waals surface area contributed by atoms with E-state index in [0.717, 1.165) is 28.9 Å². The molecule has 3 fully saturated rings. The van der Waals surface area contributed by atoms with E-state index < -0.39 is 6.04 Å². The highest BCUT2D eigenvalue weighted by Crippen LogP contribution is 2.65. The van der Waals surface area contributed by atoms with Crippen LogP contribution in [0.3, 0.4) is 0 Å². The molecule has 0 spiro atoms. The first-order valence-corrected chi connectivity index (χ1v) is 14.1. The largest absolute Gasteiger partial charge is 0.457 e. The first kappa shape index (κ1) is 24.8. The van der Waals surface area contributed by atoms with Crippen LogP contribution in [0.5, 0.6) is 11.5 Å². The van der Waals surface area contributed by atoms with Crippen LogP contribution in [0.1, 0.15) is 23.1 Å². The van der Waals surface area contributed by atoms with Crippen molar-refractivity contribution in [2.45, 2.75) is 32.7 Å². The lowest BCUT2D eigenvalue weighted by Crippen LogP contribution is -2.49. The van der Waals surface area contributed by atoms with Crippen molar-refractivity contribution >= 4 is 23.4 Å². The maximum Gasteiger partial charge on any atom is 0.248 e. The second-order valence-corrected chi connectivity index (χ2v) is 11.8. The van der Waals surface area contributed by atoms with Crippen molar-refractivity contribution in [2.24, 2.45) is 35.5 Å². The molecule has 0 radical (unpaired) electrons. The second-order valence-electron chi connectivity index (χ2n) is 11.8. The normalized spacial score (nSPS) is 28.2. The second kappa shape index (κ2) is 9.47. The van der Waals surface area contributed by atoms with E-state index in [4.69, 9.17) is 4.74 Å².